The number of anilines is 1. The molecule has 0 bridgehead atoms. The first-order chi connectivity index (χ1) is 15.0. The van der Waals surface area contributed by atoms with Gasteiger partial charge in [0.2, 0.25) is 0 Å². The molecule has 2 amide bonds. The molecule has 0 unspecified atom stereocenters. The van der Waals surface area contributed by atoms with Crippen LogP contribution in [0.25, 0.3) is 6.08 Å². The molecule has 0 heterocycles. The van der Waals surface area contributed by atoms with Crippen molar-refractivity contribution in [1.29, 1.82) is 0 Å². The monoisotopic (exact) mass is 416 g/mol. The molecule has 0 atom stereocenters. The molecule has 0 saturated heterocycles. The highest BCUT2D eigenvalue weighted by Crippen LogP contribution is 2.17. The lowest BCUT2D eigenvalue weighted by Crippen LogP contribution is -2.31. The average molecular weight is 416 g/mol. The van der Waals surface area contributed by atoms with Crippen molar-refractivity contribution >= 4 is 29.5 Å². The van der Waals surface area contributed by atoms with E-state index in [1.54, 1.807) is 60.7 Å². The van der Waals surface area contributed by atoms with Crippen molar-refractivity contribution in [2.24, 2.45) is 0 Å². The molecule has 156 valence electrons. The Balaban J connectivity index is 1.89. The average Bonchev–Trinajstić information content (AvgIpc) is 2.79. The Labute approximate surface area is 179 Å². The summed E-state index contributed by atoms with van der Waals surface area (Å²) in [5.74, 6) is -1.72. The molecular formula is C24H20N2O5. The van der Waals surface area contributed by atoms with E-state index in [9.17, 15) is 19.5 Å². The molecule has 7 heteroatoms. The number of aromatic carboxylic acids is 1. The van der Waals surface area contributed by atoms with Crippen LogP contribution in [-0.2, 0) is 4.79 Å². The number of ether oxygens (including phenoxy) is 1. The highest BCUT2D eigenvalue weighted by atomic mass is 16.5. The van der Waals surface area contributed by atoms with Gasteiger partial charge < -0.3 is 20.5 Å². The standard InChI is InChI=1S/C24H20N2O5/c1-31-18-13-11-17(12-14-18)22(27)26-21(15-16-7-3-2-4-8-16)23(28)25-20-10-6-5-9-19(20)24(29)30/h2-15H,1H3,(H,25,28)(H,26,27)(H,29,30)/b21-15+. The lowest BCUT2D eigenvalue weighted by Gasteiger charge is -2.13. The highest BCUT2D eigenvalue weighted by Gasteiger charge is 2.18. The molecule has 3 aromatic rings. The molecule has 3 rings (SSSR count). The third kappa shape index (κ3) is 5.57. The van der Waals surface area contributed by atoms with Crippen LogP contribution >= 0.6 is 0 Å². The topological polar surface area (TPSA) is 105 Å². The van der Waals surface area contributed by atoms with Gasteiger partial charge in [-0.1, -0.05) is 42.5 Å². The molecule has 0 aliphatic rings. The normalized spacial score (nSPS) is 10.8. The van der Waals surface area contributed by atoms with Gasteiger partial charge in [0.25, 0.3) is 11.8 Å². The van der Waals surface area contributed by atoms with Gasteiger partial charge in [-0.3, -0.25) is 9.59 Å². The van der Waals surface area contributed by atoms with Crippen LogP contribution in [-0.4, -0.2) is 30.0 Å². The van der Waals surface area contributed by atoms with Crippen LogP contribution in [0, 0.1) is 0 Å². The van der Waals surface area contributed by atoms with Crippen molar-refractivity contribution in [3.63, 3.8) is 0 Å². The summed E-state index contributed by atoms with van der Waals surface area (Å²) in [7, 11) is 1.52. The molecule has 0 spiro atoms. The molecule has 0 fully saturated rings. The third-order valence-electron chi connectivity index (χ3n) is 4.36. The Bertz CT molecular complexity index is 1120. The van der Waals surface area contributed by atoms with Crippen molar-refractivity contribution in [2.75, 3.05) is 12.4 Å². The molecule has 3 aromatic carbocycles. The molecule has 0 aromatic heterocycles. The summed E-state index contributed by atoms with van der Waals surface area (Å²) in [4.78, 5) is 37.1. The fraction of sp³-hybridized carbons (Fsp3) is 0.0417. The van der Waals surface area contributed by atoms with Gasteiger partial charge >= 0.3 is 5.97 Å². The van der Waals surface area contributed by atoms with Crippen LogP contribution in [0.1, 0.15) is 26.3 Å². The van der Waals surface area contributed by atoms with E-state index >= 15 is 0 Å². The van der Waals surface area contributed by atoms with E-state index in [1.165, 1.54) is 25.3 Å². The molecule has 0 aliphatic carbocycles. The molecular weight excluding hydrogens is 396 g/mol. The number of hydrogen-bond acceptors (Lipinski definition) is 4. The fourth-order valence-corrected chi connectivity index (χ4v) is 2.78. The van der Waals surface area contributed by atoms with E-state index in [0.29, 0.717) is 16.9 Å². The number of para-hydroxylation sites is 1. The zero-order valence-corrected chi connectivity index (χ0v) is 16.7. The van der Waals surface area contributed by atoms with Crippen molar-refractivity contribution in [3.05, 3.63) is 101 Å². The molecule has 0 saturated carbocycles. The Kier molecular flexibility index (Phi) is 6.80. The lowest BCUT2D eigenvalue weighted by molar-refractivity contribution is -0.113. The van der Waals surface area contributed by atoms with E-state index in [-0.39, 0.29) is 16.9 Å². The minimum absolute atomic E-state index is 0.0350. The number of carboxylic acid groups (broad SMARTS) is 1. The Morgan fingerprint density at radius 1 is 0.871 bits per heavy atom. The second kappa shape index (κ2) is 9.89. The van der Waals surface area contributed by atoms with Crippen molar-refractivity contribution in [2.45, 2.75) is 0 Å². The van der Waals surface area contributed by atoms with Crippen LogP contribution in [0.4, 0.5) is 5.69 Å². The van der Waals surface area contributed by atoms with Gasteiger partial charge in [0.1, 0.15) is 11.4 Å². The Hall–Kier alpha value is -4.39. The maximum Gasteiger partial charge on any atom is 0.337 e. The first kappa shape index (κ1) is 21.3. The lowest BCUT2D eigenvalue weighted by atomic mass is 10.1. The van der Waals surface area contributed by atoms with Gasteiger partial charge in [-0.15, -0.1) is 0 Å². The predicted molar refractivity (Wildman–Crippen MR) is 117 cm³/mol. The van der Waals surface area contributed by atoms with Crippen molar-refractivity contribution < 1.29 is 24.2 Å². The number of carbonyl (C=O) groups excluding carboxylic acids is 2. The molecule has 7 nitrogen and oxygen atoms in total. The molecule has 0 aliphatic heterocycles. The second-order valence-electron chi connectivity index (χ2n) is 6.46. The third-order valence-corrected chi connectivity index (χ3v) is 4.36. The van der Waals surface area contributed by atoms with Crippen LogP contribution in [0.5, 0.6) is 5.75 Å². The Morgan fingerprint density at radius 3 is 2.16 bits per heavy atom. The van der Waals surface area contributed by atoms with Gasteiger partial charge in [0, 0.05) is 5.56 Å². The summed E-state index contributed by atoms with van der Waals surface area (Å²) in [6, 6.07) is 21.4. The number of rotatable bonds is 7. The number of methoxy groups -OCH3 is 1. The van der Waals surface area contributed by atoms with Crippen LogP contribution in [0.3, 0.4) is 0 Å². The first-order valence-electron chi connectivity index (χ1n) is 9.34. The minimum atomic E-state index is -1.17. The van der Waals surface area contributed by atoms with Crippen molar-refractivity contribution in [3.8, 4) is 5.75 Å². The van der Waals surface area contributed by atoms with Gasteiger partial charge in [0.15, 0.2) is 0 Å². The Morgan fingerprint density at radius 2 is 1.52 bits per heavy atom. The zero-order chi connectivity index (χ0) is 22.2. The number of amides is 2. The maximum atomic E-state index is 13.0. The molecule has 3 N–H and O–H groups in total. The molecule has 31 heavy (non-hydrogen) atoms. The predicted octanol–water partition coefficient (Wildman–Crippen LogP) is 3.80. The summed E-state index contributed by atoms with van der Waals surface area (Å²) >= 11 is 0. The highest BCUT2D eigenvalue weighted by molar-refractivity contribution is 6.12. The van der Waals surface area contributed by atoms with Gasteiger partial charge in [-0.25, -0.2) is 4.79 Å². The van der Waals surface area contributed by atoms with Gasteiger partial charge in [0.05, 0.1) is 18.4 Å². The zero-order valence-electron chi connectivity index (χ0n) is 16.7. The number of carboxylic acids is 1. The largest absolute Gasteiger partial charge is 0.497 e. The quantitative estimate of drug-likeness (QED) is 0.508. The van der Waals surface area contributed by atoms with Gasteiger partial charge in [-0.05, 0) is 48.0 Å². The van der Waals surface area contributed by atoms with Crippen LogP contribution in [0.15, 0.2) is 84.6 Å². The summed E-state index contributed by atoms with van der Waals surface area (Å²) in [5, 5.41) is 14.5. The number of nitrogens with one attached hydrogen (secondary N) is 2. The van der Waals surface area contributed by atoms with Crippen molar-refractivity contribution in [1.82, 2.24) is 5.32 Å². The van der Waals surface area contributed by atoms with E-state index in [2.05, 4.69) is 10.6 Å². The number of benzene rings is 3. The first-order valence-corrected chi connectivity index (χ1v) is 9.34. The number of hydrogen-bond donors (Lipinski definition) is 3. The van der Waals surface area contributed by atoms with E-state index in [0.717, 1.165) is 0 Å². The smallest absolute Gasteiger partial charge is 0.337 e. The summed E-state index contributed by atoms with van der Waals surface area (Å²) < 4.78 is 5.09. The fourth-order valence-electron chi connectivity index (χ4n) is 2.78. The summed E-state index contributed by atoms with van der Waals surface area (Å²) in [6.45, 7) is 0. The second-order valence-corrected chi connectivity index (χ2v) is 6.46. The number of carbonyl (C=O) groups is 3. The summed E-state index contributed by atoms with van der Waals surface area (Å²) in [6.07, 6.45) is 1.51. The summed E-state index contributed by atoms with van der Waals surface area (Å²) in [5.41, 5.74) is 1.05. The van der Waals surface area contributed by atoms with E-state index in [1.807, 2.05) is 6.07 Å². The minimum Gasteiger partial charge on any atom is -0.497 e. The SMILES string of the molecule is COc1ccc(C(=O)N/C(=C/c2ccccc2)C(=O)Nc2ccccc2C(=O)O)cc1. The van der Waals surface area contributed by atoms with Gasteiger partial charge in [-0.2, -0.15) is 0 Å². The van der Waals surface area contributed by atoms with Crippen LogP contribution < -0.4 is 15.4 Å². The van der Waals surface area contributed by atoms with Crippen LogP contribution in [0.2, 0.25) is 0 Å². The van der Waals surface area contributed by atoms with E-state index in [4.69, 9.17) is 4.74 Å². The maximum absolute atomic E-state index is 13.0. The van der Waals surface area contributed by atoms with E-state index < -0.39 is 17.8 Å². The molecule has 0 radical (unpaired) electrons.